The lowest BCUT2D eigenvalue weighted by Crippen LogP contribution is -2.18. The van der Waals surface area contributed by atoms with Gasteiger partial charge >= 0.3 is 0 Å². The molecule has 0 heterocycles. The first kappa shape index (κ1) is 15.7. The number of phenolic OH excluding ortho intramolecular Hbond substituents is 1. The standard InChI is InChI=1S/C15H12Br2N2O2/c1-9-4-2-3-5-12(9)15(21)19-18-8-10-6-11(16)7-13(17)14(10)20/h2-8,20H,1H3,(H,19,21). The van der Waals surface area contributed by atoms with Gasteiger partial charge < -0.3 is 5.11 Å². The van der Waals surface area contributed by atoms with Gasteiger partial charge in [0, 0.05) is 15.6 Å². The van der Waals surface area contributed by atoms with Crippen molar-refractivity contribution in [2.75, 3.05) is 0 Å². The molecule has 21 heavy (non-hydrogen) atoms. The van der Waals surface area contributed by atoms with Gasteiger partial charge in [-0.1, -0.05) is 34.1 Å². The monoisotopic (exact) mass is 410 g/mol. The molecule has 0 atom stereocenters. The zero-order chi connectivity index (χ0) is 15.4. The molecular formula is C15H12Br2N2O2. The molecule has 2 aromatic carbocycles. The largest absolute Gasteiger partial charge is 0.506 e. The van der Waals surface area contributed by atoms with Crippen molar-refractivity contribution in [2.45, 2.75) is 6.92 Å². The number of aryl methyl sites for hydroxylation is 1. The van der Waals surface area contributed by atoms with E-state index in [9.17, 15) is 9.90 Å². The van der Waals surface area contributed by atoms with E-state index >= 15 is 0 Å². The summed E-state index contributed by atoms with van der Waals surface area (Å²) >= 11 is 6.56. The van der Waals surface area contributed by atoms with Crippen LogP contribution in [0.5, 0.6) is 5.75 Å². The number of benzene rings is 2. The van der Waals surface area contributed by atoms with Crippen LogP contribution in [0.4, 0.5) is 0 Å². The van der Waals surface area contributed by atoms with E-state index in [4.69, 9.17) is 0 Å². The Bertz CT molecular complexity index is 715. The molecule has 0 aliphatic rings. The number of rotatable bonds is 3. The van der Waals surface area contributed by atoms with Crippen LogP contribution in [0.25, 0.3) is 0 Å². The predicted molar refractivity (Wildman–Crippen MR) is 89.7 cm³/mol. The molecule has 0 saturated heterocycles. The number of carbonyl (C=O) groups is 1. The van der Waals surface area contributed by atoms with Gasteiger partial charge in [-0.15, -0.1) is 0 Å². The van der Waals surface area contributed by atoms with E-state index in [0.717, 1.165) is 10.0 Å². The number of nitrogens with zero attached hydrogens (tertiary/aromatic N) is 1. The third-order valence-electron chi connectivity index (χ3n) is 2.82. The van der Waals surface area contributed by atoms with E-state index in [2.05, 4.69) is 42.4 Å². The van der Waals surface area contributed by atoms with Crippen LogP contribution >= 0.6 is 31.9 Å². The minimum atomic E-state index is -0.294. The van der Waals surface area contributed by atoms with Gasteiger partial charge in [-0.2, -0.15) is 5.10 Å². The van der Waals surface area contributed by atoms with Crippen molar-refractivity contribution in [1.82, 2.24) is 5.43 Å². The molecule has 0 spiro atoms. The summed E-state index contributed by atoms with van der Waals surface area (Å²) < 4.78 is 1.34. The van der Waals surface area contributed by atoms with Crippen LogP contribution in [0, 0.1) is 6.92 Å². The minimum Gasteiger partial charge on any atom is -0.506 e. The Hall–Kier alpha value is -1.66. The molecule has 2 rings (SSSR count). The quantitative estimate of drug-likeness (QED) is 0.592. The molecular weight excluding hydrogens is 400 g/mol. The molecule has 0 bridgehead atoms. The number of carbonyl (C=O) groups excluding carboxylic acids is 1. The van der Waals surface area contributed by atoms with E-state index in [-0.39, 0.29) is 11.7 Å². The van der Waals surface area contributed by atoms with Crippen molar-refractivity contribution >= 4 is 44.0 Å². The van der Waals surface area contributed by atoms with E-state index < -0.39 is 0 Å². The molecule has 0 saturated carbocycles. The van der Waals surface area contributed by atoms with E-state index in [1.807, 2.05) is 19.1 Å². The zero-order valence-corrected chi connectivity index (χ0v) is 14.3. The Kier molecular flexibility index (Phi) is 5.14. The summed E-state index contributed by atoms with van der Waals surface area (Å²) in [4.78, 5) is 12.0. The highest BCUT2D eigenvalue weighted by molar-refractivity contribution is 9.11. The van der Waals surface area contributed by atoms with Gasteiger partial charge in [0.1, 0.15) is 5.75 Å². The smallest absolute Gasteiger partial charge is 0.271 e. The summed E-state index contributed by atoms with van der Waals surface area (Å²) in [5.74, 6) is -0.231. The van der Waals surface area contributed by atoms with Crippen molar-refractivity contribution in [3.8, 4) is 5.75 Å². The highest BCUT2D eigenvalue weighted by Gasteiger charge is 2.08. The topological polar surface area (TPSA) is 61.7 Å². The maximum absolute atomic E-state index is 12.0. The highest BCUT2D eigenvalue weighted by Crippen LogP contribution is 2.30. The molecule has 108 valence electrons. The second-order valence-corrected chi connectivity index (χ2v) is 6.11. The van der Waals surface area contributed by atoms with Crippen LogP contribution in [0.2, 0.25) is 0 Å². The fourth-order valence-corrected chi connectivity index (χ4v) is 2.99. The first-order chi connectivity index (χ1) is 9.99. The fourth-order valence-electron chi connectivity index (χ4n) is 1.73. The molecule has 6 heteroatoms. The van der Waals surface area contributed by atoms with E-state index in [0.29, 0.717) is 15.6 Å². The second kappa shape index (κ2) is 6.87. The third kappa shape index (κ3) is 3.92. The number of halogens is 2. The van der Waals surface area contributed by atoms with Gasteiger partial charge in [-0.3, -0.25) is 4.79 Å². The maximum atomic E-state index is 12.0. The fraction of sp³-hybridized carbons (Fsp3) is 0.0667. The zero-order valence-electron chi connectivity index (χ0n) is 11.1. The normalized spacial score (nSPS) is 10.8. The van der Waals surface area contributed by atoms with Crippen LogP contribution in [-0.4, -0.2) is 17.2 Å². The Morgan fingerprint density at radius 3 is 2.71 bits per heavy atom. The molecule has 4 nitrogen and oxygen atoms in total. The molecule has 0 radical (unpaired) electrons. The van der Waals surface area contributed by atoms with E-state index in [1.54, 1.807) is 24.3 Å². The average Bonchev–Trinajstić information content (AvgIpc) is 2.44. The first-order valence-electron chi connectivity index (χ1n) is 6.06. The molecule has 0 aromatic heterocycles. The number of hydrogen-bond donors (Lipinski definition) is 2. The van der Waals surface area contributed by atoms with Crippen molar-refractivity contribution in [3.05, 3.63) is 62.0 Å². The predicted octanol–water partition coefficient (Wildman–Crippen LogP) is 3.99. The highest BCUT2D eigenvalue weighted by atomic mass is 79.9. The van der Waals surface area contributed by atoms with Crippen LogP contribution in [0.15, 0.2) is 50.4 Å². The van der Waals surface area contributed by atoms with Gasteiger partial charge in [0.05, 0.1) is 10.7 Å². The van der Waals surface area contributed by atoms with Gasteiger partial charge in [-0.25, -0.2) is 5.43 Å². The number of nitrogens with one attached hydrogen (secondary N) is 1. The van der Waals surface area contributed by atoms with Crippen molar-refractivity contribution < 1.29 is 9.90 Å². The minimum absolute atomic E-state index is 0.0621. The van der Waals surface area contributed by atoms with Gasteiger partial charge in [0.15, 0.2) is 0 Å². The molecule has 0 fully saturated rings. The number of hydrogen-bond acceptors (Lipinski definition) is 3. The SMILES string of the molecule is Cc1ccccc1C(=O)NN=Cc1cc(Br)cc(Br)c1O. The van der Waals surface area contributed by atoms with Crippen molar-refractivity contribution in [2.24, 2.45) is 5.10 Å². The summed E-state index contributed by atoms with van der Waals surface area (Å²) in [6, 6.07) is 10.7. The Morgan fingerprint density at radius 1 is 1.29 bits per heavy atom. The van der Waals surface area contributed by atoms with Crippen LogP contribution in [-0.2, 0) is 0 Å². The summed E-state index contributed by atoms with van der Waals surface area (Å²) in [7, 11) is 0. The second-order valence-electron chi connectivity index (χ2n) is 4.34. The van der Waals surface area contributed by atoms with E-state index in [1.165, 1.54) is 6.21 Å². The lowest BCUT2D eigenvalue weighted by atomic mass is 10.1. The number of phenols is 1. The number of hydrazone groups is 1. The van der Waals surface area contributed by atoms with Gasteiger partial charge in [0.25, 0.3) is 5.91 Å². The summed E-state index contributed by atoms with van der Waals surface area (Å²) in [5, 5.41) is 13.8. The summed E-state index contributed by atoms with van der Waals surface area (Å²) in [6.07, 6.45) is 1.39. The Balaban J connectivity index is 2.13. The lowest BCUT2D eigenvalue weighted by molar-refractivity contribution is 0.0954. The van der Waals surface area contributed by atoms with Crippen LogP contribution in [0.1, 0.15) is 21.5 Å². The average molecular weight is 412 g/mol. The van der Waals surface area contributed by atoms with Gasteiger partial charge in [-0.05, 0) is 46.6 Å². The molecule has 0 aliphatic heterocycles. The summed E-state index contributed by atoms with van der Waals surface area (Å²) in [5.41, 5.74) is 4.37. The third-order valence-corrected chi connectivity index (χ3v) is 3.88. The Morgan fingerprint density at radius 2 is 2.00 bits per heavy atom. The maximum Gasteiger partial charge on any atom is 0.271 e. The molecule has 2 N–H and O–H groups in total. The summed E-state index contributed by atoms with van der Waals surface area (Å²) in [6.45, 7) is 1.86. The molecule has 1 amide bonds. The van der Waals surface area contributed by atoms with Crippen LogP contribution < -0.4 is 5.43 Å². The number of aromatic hydroxyl groups is 1. The molecule has 2 aromatic rings. The first-order valence-corrected chi connectivity index (χ1v) is 7.64. The van der Waals surface area contributed by atoms with Gasteiger partial charge in [0.2, 0.25) is 0 Å². The molecule has 0 aliphatic carbocycles. The van der Waals surface area contributed by atoms with Crippen molar-refractivity contribution in [1.29, 1.82) is 0 Å². The van der Waals surface area contributed by atoms with Crippen LogP contribution in [0.3, 0.4) is 0 Å². The number of amides is 1. The molecule has 0 unspecified atom stereocenters. The van der Waals surface area contributed by atoms with Crippen molar-refractivity contribution in [3.63, 3.8) is 0 Å². The lowest BCUT2D eigenvalue weighted by Gasteiger charge is -2.04. The Labute approximate surface area is 139 Å².